The fraction of sp³-hybridized carbons (Fsp3) is 0.929. The van der Waals surface area contributed by atoms with E-state index in [0.29, 0.717) is 12.0 Å². The molecule has 4 nitrogen and oxygen atoms in total. The van der Waals surface area contributed by atoms with E-state index in [1.54, 1.807) is 0 Å². The third kappa shape index (κ3) is 3.23. The monoisotopic (exact) mass is 253 g/mol. The van der Waals surface area contributed by atoms with Crippen LogP contribution in [-0.4, -0.2) is 54.5 Å². The van der Waals surface area contributed by atoms with Crippen molar-refractivity contribution in [1.82, 2.24) is 9.80 Å². The number of rotatable bonds is 5. The molecule has 1 aliphatic carbocycles. The second-order valence-corrected chi connectivity index (χ2v) is 6.41. The Labute approximate surface area is 110 Å². The lowest BCUT2D eigenvalue weighted by Gasteiger charge is -2.29. The van der Waals surface area contributed by atoms with Crippen LogP contribution in [0.4, 0.5) is 0 Å². The molecule has 0 bridgehead atoms. The number of nitrogens with two attached hydrogens (primary N) is 1. The molecular formula is C14H27N3O. The Bertz CT molecular complexity index is 301. The van der Waals surface area contributed by atoms with E-state index in [9.17, 15) is 4.79 Å². The van der Waals surface area contributed by atoms with Crippen molar-refractivity contribution < 1.29 is 4.79 Å². The van der Waals surface area contributed by atoms with Crippen LogP contribution in [0.3, 0.4) is 0 Å². The average Bonchev–Trinajstić information content (AvgIpc) is 3.08. The zero-order valence-corrected chi connectivity index (χ0v) is 11.9. The lowest BCUT2D eigenvalue weighted by Crippen LogP contribution is -2.49. The summed E-state index contributed by atoms with van der Waals surface area (Å²) in [4.78, 5) is 16.9. The standard InChI is InChI=1S/C14H27N3O/c1-10(2)13(15)14(18)17(12-4-5-12)9-11-6-7-16(3)8-11/h10-13H,4-9,15H2,1-3H3/t11?,13-/m0/s1. The molecule has 0 spiro atoms. The summed E-state index contributed by atoms with van der Waals surface area (Å²) < 4.78 is 0. The first-order valence-corrected chi connectivity index (χ1v) is 7.23. The summed E-state index contributed by atoms with van der Waals surface area (Å²) in [5.41, 5.74) is 6.03. The number of carbonyl (C=O) groups is 1. The fourth-order valence-corrected chi connectivity index (χ4v) is 2.74. The highest BCUT2D eigenvalue weighted by atomic mass is 16.2. The Kier molecular flexibility index (Phi) is 4.28. The van der Waals surface area contributed by atoms with Crippen LogP contribution in [0.25, 0.3) is 0 Å². The highest BCUT2D eigenvalue weighted by Crippen LogP contribution is 2.30. The molecule has 4 heteroatoms. The molecule has 1 saturated carbocycles. The first kappa shape index (κ1) is 13.8. The van der Waals surface area contributed by atoms with Gasteiger partial charge >= 0.3 is 0 Å². The van der Waals surface area contributed by atoms with Gasteiger partial charge in [-0.05, 0) is 44.7 Å². The van der Waals surface area contributed by atoms with Crippen molar-refractivity contribution in [2.75, 3.05) is 26.7 Å². The Morgan fingerprint density at radius 1 is 1.39 bits per heavy atom. The average molecular weight is 253 g/mol. The molecule has 2 aliphatic rings. The molecule has 18 heavy (non-hydrogen) atoms. The molecule has 1 aliphatic heterocycles. The van der Waals surface area contributed by atoms with Crippen molar-refractivity contribution >= 4 is 5.91 Å². The predicted molar refractivity (Wildman–Crippen MR) is 73.2 cm³/mol. The Morgan fingerprint density at radius 3 is 2.50 bits per heavy atom. The molecule has 1 amide bonds. The van der Waals surface area contributed by atoms with Gasteiger partial charge in [0.15, 0.2) is 0 Å². The van der Waals surface area contributed by atoms with Crippen LogP contribution in [0, 0.1) is 11.8 Å². The van der Waals surface area contributed by atoms with Gasteiger partial charge in [-0.1, -0.05) is 13.8 Å². The highest BCUT2D eigenvalue weighted by Gasteiger charge is 2.37. The largest absolute Gasteiger partial charge is 0.338 e. The third-order valence-corrected chi connectivity index (χ3v) is 4.22. The minimum absolute atomic E-state index is 0.169. The van der Waals surface area contributed by atoms with Crippen LogP contribution in [-0.2, 0) is 4.79 Å². The molecule has 0 aromatic heterocycles. The van der Waals surface area contributed by atoms with Crippen molar-refractivity contribution in [2.24, 2.45) is 17.6 Å². The van der Waals surface area contributed by atoms with E-state index in [1.807, 2.05) is 13.8 Å². The molecule has 2 rings (SSSR count). The molecule has 2 atom stereocenters. The maximum atomic E-state index is 12.4. The van der Waals surface area contributed by atoms with Crippen molar-refractivity contribution in [1.29, 1.82) is 0 Å². The lowest BCUT2D eigenvalue weighted by molar-refractivity contribution is -0.134. The van der Waals surface area contributed by atoms with Gasteiger partial charge in [-0.3, -0.25) is 4.79 Å². The zero-order valence-electron chi connectivity index (χ0n) is 11.9. The van der Waals surface area contributed by atoms with Crippen molar-refractivity contribution in [3.05, 3.63) is 0 Å². The predicted octanol–water partition coefficient (Wildman–Crippen LogP) is 0.912. The van der Waals surface area contributed by atoms with E-state index < -0.39 is 0 Å². The lowest BCUT2D eigenvalue weighted by atomic mass is 10.0. The summed E-state index contributed by atoms with van der Waals surface area (Å²) in [5, 5.41) is 0. The van der Waals surface area contributed by atoms with Gasteiger partial charge in [0.1, 0.15) is 0 Å². The Morgan fingerprint density at radius 2 is 2.06 bits per heavy atom. The molecule has 2 N–H and O–H groups in total. The van der Waals surface area contributed by atoms with Gasteiger partial charge in [-0.25, -0.2) is 0 Å². The second kappa shape index (κ2) is 5.57. The molecule has 0 radical (unpaired) electrons. The van der Waals surface area contributed by atoms with Crippen LogP contribution < -0.4 is 5.73 Å². The molecule has 1 heterocycles. The molecule has 104 valence electrons. The zero-order chi connectivity index (χ0) is 13.3. The second-order valence-electron chi connectivity index (χ2n) is 6.41. The van der Waals surface area contributed by atoms with E-state index in [0.717, 1.165) is 19.6 Å². The molecule has 1 saturated heterocycles. The van der Waals surface area contributed by atoms with E-state index in [4.69, 9.17) is 5.73 Å². The summed E-state index contributed by atoms with van der Waals surface area (Å²) in [7, 11) is 2.16. The Balaban J connectivity index is 1.93. The normalized spacial score (nSPS) is 26.6. The minimum atomic E-state index is -0.329. The van der Waals surface area contributed by atoms with Gasteiger partial charge in [0, 0.05) is 19.1 Å². The fourth-order valence-electron chi connectivity index (χ4n) is 2.74. The highest BCUT2D eigenvalue weighted by molar-refractivity contribution is 5.82. The summed E-state index contributed by atoms with van der Waals surface area (Å²) in [6, 6.07) is 0.151. The first-order valence-electron chi connectivity index (χ1n) is 7.23. The molecule has 2 fully saturated rings. The van der Waals surface area contributed by atoms with Crippen LogP contribution in [0.5, 0.6) is 0 Å². The first-order chi connectivity index (χ1) is 8.49. The van der Waals surface area contributed by atoms with E-state index in [2.05, 4.69) is 16.8 Å². The van der Waals surface area contributed by atoms with Gasteiger partial charge < -0.3 is 15.5 Å². The van der Waals surface area contributed by atoms with Crippen molar-refractivity contribution in [3.63, 3.8) is 0 Å². The van der Waals surface area contributed by atoms with Crippen molar-refractivity contribution in [2.45, 2.75) is 45.2 Å². The molecule has 1 unspecified atom stereocenters. The van der Waals surface area contributed by atoms with Crippen LogP contribution in [0.2, 0.25) is 0 Å². The van der Waals surface area contributed by atoms with Crippen molar-refractivity contribution in [3.8, 4) is 0 Å². The number of hydrogen-bond acceptors (Lipinski definition) is 3. The molecular weight excluding hydrogens is 226 g/mol. The Hall–Kier alpha value is -0.610. The quantitative estimate of drug-likeness (QED) is 0.792. The SMILES string of the molecule is CC(C)[C@H](N)C(=O)N(CC1CCN(C)C1)C1CC1. The number of likely N-dealkylation sites (tertiary alicyclic amines) is 1. The number of amides is 1. The van der Waals surface area contributed by atoms with Gasteiger partial charge in [-0.2, -0.15) is 0 Å². The van der Waals surface area contributed by atoms with Crippen LogP contribution in [0.1, 0.15) is 33.1 Å². The number of nitrogens with zero attached hydrogens (tertiary/aromatic N) is 2. The van der Waals surface area contributed by atoms with E-state index >= 15 is 0 Å². The minimum Gasteiger partial charge on any atom is -0.338 e. The van der Waals surface area contributed by atoms with Gasteiger partial charge in [0.05, 0.1) is 6.04 Å². The maximum Gasteiger partial charge on any atom is 0.240 e. The maximum absolute atomic E-state index is 12.4. The van der Waals surface area contributed by atoms with Gasteiger partial charge in [0.25, 0.3) is 0 Å². The number of carbonyl (C=O) groups excluding carboxylic acids is 1. The summed E-state index contributed by atoms with van der Waals surface area (Å²) in [5.74, 6) is 1.03. The van der Waals surface area contributed by atoms with Crippen LogP contribution >= 0.6 is 0 Å². The van der Waals surface area contributed by atoms with Crippen LogP contribution in [0.15, 0.2) is 0 Å². The summed E-state index contributed by atoms with van der Waals surface area (Å²) in [6.45, 7) is 7.24. The third-order valence-electron chi connectivity index (χ3n) is 4.22. The summed E-state index contributed by atoms with van der Waals surface area (Å²) in [6.07, 6.45) is 3.54. The van der Waals surface area contributed by atoms with Gasteiger partial charge in [-0.15, -0.1) is 0 Å². The van der Waals surface area contributed by atoms with E-state index in [-0.39, 0.29) is 17.9 Å². The van der Waals surface area contributed by atoms with Gasteiger partial charge in [0.2, 0.25) is 5.91 Å². The smallest absolute Gasteiger partial charge is 0.240 e. The number of hydrogen-bond donors (Lipinski definition) is 1. The van der Waals surface area contributed by atoms with E-state index in [1.165, 1.54) is 19.3 Å². The molecule has 0 aromatic carbocycles. The summed E-state index contributed by atoms with van der Waals surface area (Å²) >= 11 is 0. The topological polar surface area (TPSA) is 49.6 Å². The molecule has 0 aromatic rings.